The molecule has 0 bridgehead atoms. The van der Waals surface area contributed by atoms with Crippen molar-refractivity contribution in [3.05, 3.63) is 329 Å². The van der Waals surface area contributed by atoms with Gasteiger partial charge in [0.2, 0.25) is 0 Å². The standard InChI is InChI=1S/C24H28N4.3C23H26ClN5/c1-17-4-7-22-20(13-17)6-5-19-3-2-10-26-24(19)23(22)18-8-11-28(12-9-18)15-21-14-25-16-27-21;1-27-16-25-14-20(27)15-28-9-11-29(12-10-28)23-21-7-6-19(24)13-18(21)5-4-17-3-2-8-26-22(17)23;1-27-14-20(26-16-27)15-28-9-11-29(12-10-28)23-21-7-6-19(24)13-18(21)5-4-17-3-2-8-25-22(17)23;24-19-5-6-21-18(14-19)4-3-17-2-1-8-26-22(17)23(21)29-12-10-28(11-13-29)9-7-20-15-25-16-27-20/h2-4,7,10,13-14,16,18,23H,5-6,8-9,11-12,15H2,1H3,(H,25,27);2*2-3,6-8,13-14,16,23H,4-5,9-12,15H2,1H3;1-2,5-6,8,14-16,23H,3-4,7,9-13H2,(H,25,27). The molecule has 0 saturated carbocycles. The molecular formula is C93H106Cl3N19. The molecule has 20 rings (SSSR count). The summed E-state index contributed by atoms with van der Waals surface area (Å²) in [6.07, 6.45) is 34.9. The summed E-state index contributed by atoms with van der Waals surface area (Å²) in [6, 6.07) is 44.2. The largest absolute Gasteiger partial charge is 0.348 e. The van der Waals surface area contributed by atoms with Gasteiger partial charge >= 0.3 is 0 Å². The molecule has 4 saturated heterocycles. The molecular weight excluding hydrogens is 1490 g/mol. The number of hydrogen-bond acceptors (Lipinski definition) is 15. The molecule has 0 spiro atoms. The first-order valence-corrected chi connectivity index (χ1v) is 42.7. The fraction of sp³-hybridized carbons (Fsp3) is 0.398. The van der Waals surface area contributed by atoms with Gasteiger partial charge in [-0.15, -0.1) is 0 Å². The van der Waals surface area contributed by atoms with Crippen LogP contribution >= 0.6 is 34.8 Å². The third-order valence-corrected chi connectivity index (χ3v) is 26.0. The van der Waals surface area contributed by atoms with Crippen molar-refractivity contribution in [2.24, 2.45) is 20.0 Å². The number of nitrogens with zero attached hydrogens (tertiary/aromatic N) is 17. The summed E-state index contributed by atoms with van der Waals surface area (Å²) < 4.78 is 4.12. The molecule has 0 amide bonds. The lowest BCUT2D eigenvalue weighted by Gasteiger charge is -2.39. The van der Waals surface area contributed by atoms with Crippen LogP contribution in [0.5, 0.6) is 0 Å². The Kier molecular flexibility index (Phi) is 25.0. The van der Waals surface area contributed by atoms with E-state index in [4.69, 9.17) is 54.7 Å². The Labute approximate surface area is 692 Å². The lowest BCUT2D eigenvalue weighted by atomic mass is 9.76. The molecule has 12 aromatic rings. The first-order chi connectivity index (χ1) is 56.4. The number of rotatable bonds is 13. The predicted octanol–water partition coefficient (Wildman–Crippen LogP) is 14.7. The Morgan fingerprint density at radius 1 is 0.391 bits per heavy atom. The second-order valence-corrected chi connectivity index (χ2v) is 34.0. The van der Waals surface area contributed by atoms with E-state index in [2.05, 4.69) is 192 Å². The van der Waals surface area contributed by atoms with Crippen LogP contribution in [0.3, 0.4) is 0 Å². The van der Waals surface area contributed by atoms with Crippen LogP contribution < -0.4 is 0 Å². The minimum atomic E-state index is 0.206. The molecule has 4 atom stereocenters. The van der Waals surface area contributed by atoms with E-state index in [-0.39, 0.29) is 18.1 Å². The predicted molar refractivity (Wildman–Crippen MR) is 456 cm³/mol. The summed E-state index contributed by atoms with van der Waals surface area (Å²) in [6.45, 7) is 20.9. The van der Waals surface area contributed by atoms with E-state index in [9.17, 15) is 0 Å². The molecule has 4 aromatic carbocycles. The van der Waals surface area contributed by atoms with Crippen molar-refractivity contribution >= 4 is 34.8 Å². The van der Waals surface area contributed by atoms with Crippen molar-refractivity contribution < 1.29 is 0 Å². The van der Waals surface area contributed by atoms with Crippen LogP contribution in [0.15, 0.2) is 196 Å². The molecule has 594 valence electrons. The van der Waals surface area contributed by atoms with Crippen LogP contribution in [0.4, 0.5) is 0 Å². The van der Waals surface area contributed by atoms with Crippen molar-refractivity contribution in [3.8, 4) is 0 Å². The average molecular weight is 1600 g/mol. The van der Waals surface area contributed by atoms with Gasteiger partial charge in [-0.3, -0.25) is 49.3 Å². The number of piperidine rings is 1. The zero-order valence-corrected chi connectivity index (χ0v) is 68.9. The maximum atomic E-state index is 6.33. The molecule has 115 heavy (non-hydrogen) atoms. The van der Waals surface area contributed by atoms with Crippen molar-refractivity contribution in [3.63, 3.8) is 0 Å². The van der Waals surface area contributed by atoms with E-state index in [1.54, 1.807) is 12.7 Å². The van der Waals surface area contributed by atoms with Crippen molar-refractivity contribution in [2.75, 3.05) is 98.2 Å². The minimum absolute atomic E-state index is 0.206. The van der Waals surface area contributed by atoms with Crippen LogP contribution in [0.1, 0.15) is 155 Å². The Morgan fingerprint density at radius 3 is 1.27 bits per heavy atom. The number of hydrogen-bond donors (Lipinski definition) is 2. The van der Waals surface area contributed by atoms with Gasteiger partial charge in [0, 0.05) is 207 Å². The van der Waals surface area contributed by atoms with Crippen LogP contribution in [0.25, 0.3) is 0 Å². The number of pyridine rings is 4. The van der Waals surface area contributed by atoms with Gasteiger partial charge in [-0.1, -0.05) is 101 Å². The molecule has 2 N–H and O–H groups in total. The smallest absolute Gasteiger partial charge is 0.0947 e. The highest BCUT2D eigenvalue weighted by Gasteiger charge is 2.38. The summed E-state index contributed by atoms with van der Waals surface area (Å²) in [4.78, 5) is 60.8. The Balaban J connectivity index is 0.000000111. The number of nitrogens with one attached hydrogen (secondary N) is 2. The lowest BCUT2D eigenvalue weighted by Crippen LogP contribution is -2.48. The highest BCUT2D eigenvalue weighted by atomic mass is 35.5. The van der Waals surface area contributed by atoms with E-state index in [1.807, 2.05) is 85.8 Å². The summed E-state index contributed by atoms with van der Waals surface area (Å²) >= 11 is 19.0. The Hall–Kier alpha value is -9.09. The second-order valence-electron chi connectivity index (χ2n) is 32.7. The first-order valence-electron chi connectivity index (χ1n) is 41.6. The van der Waals surface area contributed by atoms with Crippen molar-refractivity contribution in [1.82, 2.24) is 93.3 Å². The normalized spacial score (nSPS) is 20.2. The second kappa shape index (κ2) is 36.6. The van der Waals surface area contributed by atoms with E-state index in [1.165, 1.54) is 125 Å². The number of likely N-dealkylation sites (tertiary alicyclic amines) is 1. The van der Waals surface area contributed by atoms with Crippen LogP contribution in [0, 0.1) is 12.8 Å². The number of fused-ring (bicyclic) bond motifs is 8. The van der Waals surface area contributed by atoms with Gasteiger partial charge in [0.1, 0.15) is 0 Å². The topological polar surface area (TPSA) is 167 Å². The maximum Gasteiger partial charge on any atom is 0.0947 e. The highest BCUT2D eigenvalue weighted by molar-refractivity contribution is 6.31. The number of halogens is 3. The molecule has 12 heterocycles. The van der Waals surface area contributed by atoms with Gasteiger partial charge in [0.15, 0.2) is 0 Å². The SMILES string of the molecule is Cc1ccc2c(c1)CCc1cccnc1C2C1CCN(Cc2cnc[nH]2)CC1.Clc1ccc2c(c1)CCc1cccnc1C2N1CCN(CCc2cnc[nH]2)CC1.Cn1cnc(CN2CCN(C3c4ccc(Cl)cc4CCc4cccnc43)CC2)c1.Cn1cncc1CN1CCN(C2c3ccc(Cl)cc3CCc3cccnc32)CC1. The molecule has 22 heteroatoms. The van der Waals surface area contributed by atoms with Gasteiger partial charge in [-0.2, -0.15) is 0 Å². The lowest BCUT2D eigenvalue weighted by molar-refractivity contribution is 0.102. The fourth-order valence-electron chi connectivity index (χ4n) is 19.3. The minimum Gasteiger partial charge on any atom is -0.348 e. The number of aromatic nitrogens is 12. The van der Waals surface area contributed by atoms with Crippen molar-refractivity contribution in [2.45, 2.75) is 121 Å². The number of imidazole rings is 4. The molecule has 8 aromatic heterocycles. The van der Waals surface area contributed by atoms with E-state index in [0.29, 0.717) is 11.8 Å². The third-order valence-electron chi connectivity index (χ3n) is 25.3. The summed E-state index contributed by atoms with van der Waals surface area (Å²) in [5.74, 6) is 1.09. The molecule has 4 aliphatic heterocycles. The molecule has 0 radical (unpaired) electrons. The zero-order chi connectivity index (χ0) is 78.1. The molecule has 4 fully saturated rings. The van der Waals surface area contributed by atoms with E-state index >= 15 is 0 Å². The number of piperazine rings is 3. The van der Waals surface area contributed by atoms with E-state index < -0.39 is 0 Å². The van der Waals surface area contributed by atoms with Crippen LogP contribution in [-0.2, 0) is 91.5 Å². The van der Waals surface area contributed by atoms with Gasteiger partial charge in [-0.25, -0.2) is 19.9 Å². The molecule has 4 aliphatic carbocycles. The molecule has 4 unspecified atom stereocenters. The number of aromatic amines is 2. The van der Waals surface area contributed by atoms with Gasteiger partial charge in [0.25, 0.3) is 0 Å². The quantitative estimate of drug-likeness (QED) is 0.112. The highest BCUT2D eigenvalue weighted by Crippen LogP contribution is 2.45. The van der Waals surface area contributed by atoms with Gasteiger partial charge in [-0.05, 0) is 218 Å². The third kappa shape index (κ3) is 18.5. The number of H-pyrrole nitrogens is 2. The van der Waals surface area contributed by atoms with Gasteiger partial charge in [0.05, 0.1) is 77.6 Å². The zero-order valence-electron chi connectivity index (χ0n) is 66.6. The van der Waals surface area contributed by atoms with Gasteiger partial charge < -0.3 is 24.0 Å². The summed E-state index contributed by atoms with van der Waals surface area (Å²) in [7, 11) is 4.09. The van der Waals surface area contributed by atoms with E-state index in [0.717, 1.165) is 196 Å². The Morgan fingerprint density at radius 2 is 0.817 bits per heavy atom. The molecule has 8 aliphatic rings. The summed E-state index contributed by atoms with van der Waals surface area (Å²) in [5.41, 5.74) is 27.9. The Bertz CT molecular complexity index is 5200. The monoisotopic (exact) mass is 1590 g/mol. The van der Waals surface area contributed by atoms with Crippen molar-refractivity contribution in [1.29, 1.82) is 0 Å². The maximum absolute atomic E-state index is 6.33. The fourth-order valence-corrected chi connectivity index (χ4v) is 19.8. The van der Waals surface area contributed by atoms with Crippen LogP contribution in [0.2, 0.25) is 15.1 Å². The summed E-state index contributed by atoms with van der Waals surface area (Å²) in [5, 5.41) is 2.47. The first kappa shape index (κ1) is 78.4. The number of benzene rings is 4. The molecule has 19 nitrogen and oxygen atoms in total. The average Bonchev–Trinajstić information content (AvgIpc) is 1.73. The number of aryl methyl sites for hydroxylation is 11. The van der Waals surface area contributed by atoms with Crippen LogP contribution in [-0.4, -0.2) is 191 Å².